The van der Waals surface area contributed by atoms with E-state index in [0.29, 0.717) is 28.6 Å². The van der Waals surface area contributed by atoms with Crippen molar-refractivity contribution in [1.82, 2.24) is 20.5 Å². The molecule has 4 aliphatic rings. The molecule has 0 amide bonds. The van der Waals surface area contributed by atoms with Crippen LogP contribution in [0.3, 0.4) is 0 Å². The molecule has 3 aliphatic heterocycles. The highest BCUT2D eigenvalue weighted by atomic mass is 35.5. The van der Waals surface area contributed by atoms with Gasteiger partial charge in [-0.25, -0.2) is 13.8 Å². The fourth-order valence-electron chi connectivity index (χ4n) is 6.84. The van der Waals surface area contributed by atoms with Crippen LogP contribution in [0.25, 0.3) is 0 Å². The van der Waals surface area contributed by atoms with E-state index in [-0.39, 0.29) is 0 Å². The summed E-state index contributed by atoms with van der Waals surface area (Å²) < 4.78 is 28.1. The van der Waals surface area contributed by atoms with Gasteiger partial charge in [0.25, 0.3) is 0 Å². The topological polar surface area (TPSA) is 64.9 Å². The smallest absolute Gasteiger partial charge is 0.146 e. The van der Waals surface area contributed by atoms with Crippen molar-refractivity contribution in [1.29, 1.82) is 0 Å². The third-order valence-corrected chi connectivity index (χ3v) is 10.4. The standard InChI is InChI=1S/C37H39ClF2N6S/c1-23(39)19-27-10-12-30(44-27)34-32-20-24(13-15-41-16-17-43-35(25-7-8-25)31-5-2-3-14-42-31)22-46(32)37(33-6-4-18-47-33)45-36(34)28-11-9-26(40)21-29(28)38/h2-6,9-12,14,18-19,21,23-25,35-36,41,43H,7-8,13,15-17,20,22H2,1H3/b27-19-/t23?,24-,35+,36-/m0/s1. The highest BCUT2D eigenvalue weighted by Gasteiger charge is 2.40. The number of fused-ring (bicyclic) bond motifs is 1. The molecule has 47 heavy (non-hydrogen) atoms. The number of hydrogen-bond acceptors (Lipinski definition) is 7. The Balaban J connectivity index is 1.10. The lowest BCUT2D eigenvalue weighted by atomic mass is 9.90. The van der Waals surface area contributed by atoms with Crippen LogP contribution in [0.4, 0.5) is 8.78 Å². The number of pyridine rings is 1. The molecule has 5 heterocycles. The number of nitrogens with zero attached hydrogens (tertiary/aromatic N) is 4. The van der Waals surface area contributed by atoms with Gasteiger partial charge in [0, 0.05) is 47.7 Å². The summed E-state index contributed by atoms with van der Waals surface area (Å²) in [5.41, 5.74) is 5.30. The van der Waals surface area contributed by atoms with Crippen molar-refractivity contribution in [3.63, 3.8) is 0 Å². The normalized spacial score (nSPS) is 22.9. The Morgan fingerprint density at radius 3 is 2.74 bits per heavy atom. The Hall–Kier alpha value is -3.50. The molecule has 0 spiro atoms. The van der Waals surface area contributed by atoms with Gasteiger partial charge in [-0.05, 0) is 105 Å². The Labute approximate surface area is 284 Å². The highest BCUT2D eigenvalue weighted by Crippen LogP contribution is 2.45. The first-order valence-electron chi connectivity index (χ1n) is 16.5. The minimum absolute atomic E-state index is 0.322. The third-order valence-electron chi connectivity index (χ3n) is 9.17. The van der Waals surface area contributed by atoms with E-state index in [1.165, 1.54) is 38.0 Å². The predicted octanol–water partition coefficient (Wildman–Crippen LogP) is 7.99. The van der Waals surface area contributed by atoms with E-state index >= 15 is 0 Å². The Bertz CT molecular complexity index is 1730. The molecule has 0 radical (unpaired) electrons. The van der Waals surface area contributed by atoms with Crippen LogP contribution in [0.5, 0.6) is 0 Å². The number of thiophene rings is 1. The van der Waals surface area contributed by atoms with Gasteiger partial charge in [0.15, 0.2) is 0 Å². The van der Waals surface area contributed by atoms with E-state index in [9.17, 15) is 8.78 Å². The average Bonchev–Trinajstić information content (AvgIpc) is 3.39. The zero-order chi connectivity index (χ0) is 32.3. The second-order valence-electron chi connectivity index (χ2n) is 12.7. The zero-order valence-corrected chi connectivity index (χ0v) is 28.0. The third kappa shape index (κ3) is 7.33. The van der Waals surface area contributed by atoms with E-state index in [1.807, 2.05) is 30.5 Å². The first-order chi connectivity index (χ1) is 22.9. The molecule has 2 N–H and O–H groups in total. The lowest BCUT2D eigenvalue weighted by Crippen LogP contribution is -2.35. The number of amidine groups is 1. The summed E-state index contributed by atoms with van der Waals surface area (Å²) in [6.45, 7) is 5.01. The van der Waals surface area contributed by atoms with Gasteiger partial charge in [-0.3, -0.25) is 9.98 Å². The minimum Gasteiger partial charge on any atom is -0.329 e. The molecule has 2 aromatic heterocycles. The first-order valence-corrected chi connectivity index (χ1v) is 17.8. The van der Waals surface area contributed by atoms with Gasteiger partial charge in [0.1, 0.15) is 23.9 Å². The van der Waals surface area contributed by atoms with Gasteiger partial charge in [-0.2, -0.15) is 0 Å². The second kappa shape index (κ2) is 14.3. The van der Waals surface area contributed by atoms with Crippen LogP contribution in [-0.4, -0.2) is 53.8 Å². The molecule has 244 valence electrons. The lowest BCUT2D eigenvalue weighted by molar-refractivity contribution is 0.429. The van der Waals surface area contributed by atoms with Crippen molar-refractivity contribution < 1.29 is 8.78 Å². The summed E-state index contributed by atoms with van der Waals surface area (Å²) in [6, 6.07) is 14.6. The van der Waals surface area contributed by atoms with E-state index in [0.717, 1.165) is 78.0 Å². The SMILES string of the molecule is CC(F)/C=C1/C=CC(C2=C3C[C@H](CCNCCN[C@@H](c4ccccn4)C4CC4)CN3C(c3cccs3)=N[C@H]2c2ccc(F)cc2Cl)=N1. The fraction of sp³-hybridized carbons (Fsp3) is 0.378. The van der Waals surface area contributed by atoms with Crippen LogP contribution in [-0.2, 0) is 0 Å². The lowest BCUT2D eigenvalue weighted by Gasteiger charge is -2.33. The summed E-state index contributed by atoms with van der Waals surface area (Å²) in [4.78, 5) is 18.1. The van der Waals surface area contributed by atoms with Gasteiger partial charge in [-0.15, -0.1) is 11.3 Å². The molecule has 1 aromatic carbocycles. The van der Waals surface area contributed by atoms with Crippen LogP contribution < -0.4 is 10.6 Å². The molecule has 0 bridgehead atoms. The summed E-state index contributed by atoms with van der Waals surface area (Å²) >= 11 is 8.33. The molecular formula is C37H39ClF2N6S. The number of hydrogen-bond donors (Lipinski definition) is 2. The predicted molar refractivity (Wildman–Crippen MR) is 187 cm³/mol. The van der Waals surface area contributed by atoms with Crippen LogP contribution in [0, 0.1) is 17.7 Å². The van der Waals surface area contributed by atoms with E-state index in [4.69, 9.17) is 21.6 Å². The maximum Gasteiger partial charge on any atom is 0.146 e. The summed E-state index contributed by atoms with van der Waals surface area (Å²) in [5, 5.41) is 9.77. The highest BCUT2D eigenvalue weighted by molar-refractivity contribution is 7.12. The van der Waals surface area contributed by atoms with Crippen LogP contribution >= 0.6 is 22.9 Å². The van der Waals surface area contributed by atoms with Crippen molar-refractivity contribution in [3.05, 3.63) is 122 Å². The molecule has 4 atom stereocenters. The van der Waals surface area contributed by atoms with Crippen molar-refractivity contribution in [3.8, 4) is 0 Å². The van der Waals surface area contributed by atoms with Gasteiger partial charge in [-0.1, -0.05) is 29.8 Å². The second-order valence-corrected chi connectivity index (χ2v) is 14.1. The first kappa shape index (κ1) is 32.1. The quantitative estimate of drug-likeness (QED) is 0.181. The number of rotatable bonds is 13. The van der Waals surface area contributed by atoms with Gasteiger partial charge >= 0.3 is 0 Å². The van der Waals surface area contributed by atoms with Crippen molar-refractivity contribution >= 4 is 34.5 Å². The van der Waals surface area contributed by atoms with E-state index in [2.05, 4.69) is 44.1 Å². The van der Waals surface area contributed by atoms with Crippen molar-refractivity contribution in [2.75, 3.05) is 26.2 Å². The van der Waals surface area contributed by atoms with Gasteiger partial charge < -0.3 is 15.5 Å². The number of aliphatic imine (C=N–C) groups is 2. The number of nitrogens with one attached hydrogen (secondary N) is 2. The van der Waals surface area contributed by atoms with Crippen LogP contribution in [0.15, 0.2) is 105 Å². The summed E-state index contributed by atoms with van der Waals surface area (Å²) in [7, 11) is 0. The Morgan fingerprint density at radius 2 is 2.00 bits per heavy atom. The number of benzene rings is 1. The molecule has 6 nitrogen and oxygen atoms in total. The largest absolute Gasteiger partial charge is 0.329 e. The number of aromatic nitrogens is 1. The van der Waals surface area contributed by atoms with E-state index in [1.54, 1.807) is 17.4 Å². The maximum atomic E-state index is 14.2. The molecule has 1 aliphatic carbocycles. The molecular weight excluding hydrogens is 634 g/mol. The zero-order valence-electron chi connectivity index (χ0n) is 26.4. The molecule has 1 unspecified atom stereocenters. The maximum absolute atomic E-state index is 14.2. The Kier molecular flexibility index (Phi) is 9.77. The molecule has 1 saturated heterocycles. The summed E-state index contributed by atoms with van der Waals surface area (Å²) in [5.74, 6) is 1.59. The molecule has 1 saturated carbocycles. The molecule has 10 heteroatoms. The molecule has 2 fully saturated rings. The molecule has 3 aromatic rings. The molecule has 7 rings (SSSR count). The number of halogens is 3. The summed E-state index contributed by atoms with van der Waals surface area (Å²) in [6.07, 6.45) is 10.4. The number of alkyl halides is 1. The van der Waals surface area contributed by atoms with Crippen LogP contribution in [0.1, 0.15) is 60.8 Å². The fourth-order valence-corrected chi connectivity index (χ4v) is 7.84. The number of allylic oxidation sites excluding steroid dienone is 4. The van der Waals surface area contributed by atoms with Gasteiger partial charge in [0.2, 0.25) is 0 Å². The average molecular weight is 673 g/mol. The Morgan fingerprint density at radius 1 is 1.11 bits per heavy atom. The van der Waals surface area contributed by atoms with E-state index < -0.39 is 18.0 Å². The van der Waals surface area contributed by atoms with Gasteiger partial charge in [0.05, 0.1) is 28.0 Å². The van der Waals surface area contributed by atoms with Crippen molar-refractivity contribution in [2.45, 2.75) is 50.9 Å². The van der Waals surface area contributed by atoms with Crippen molar-refractivity contribution in [2.24, 2.45) is 21.8 Å². The van der Waals surface area contributed by atoms with Crippen LogP contribution in [0.2, 0.25) is 5.02 Å². The monoisotopic (exact) mass is 672 g/mol. The minimum atomic E-state index is -1.11.